The number of phenolic OH excluding ortho intramolecular Hbond substituents is 1. The number of benzene rings is 1. The predicted molar refractivity (Wildman–Crippen MR) is 57.9 cm³/mol. The fourth-order valence-electron chi connectivity index (χ4n) is 2.01. The summed E-state index contributed by atoms with van der Waals surface area (Å²) >= 11 is 0. The Morgan fingerprint density at radius 3 is 2.50 bits per heavy atom. The van der Waals surface area contributed by atoms with Crippen molar-refractivity contribution in [3.8, 4) is 11.5 Å². The predicted octanol–water partition coefficient (Wildman–Crippen LogP) is 1.83. The molecule has 0 radical (unpaired) electrons. The molecular formula is C12H14O4. The van der Waals surface area contributed by atoms with Crippen molar-refractivity contribution < 1.29 is 19.7 Å². The van der Waals surface area contributed by atoms with Crippen molar-refractivity contribution in [3.63, 3.8) is 0 Å². The number of ether oxygens (including phenoxy) is 1. The highest BCUT2D eigenvalue weighted by Gasteiger charge is 2.55. The number of phenols is 1. The number of hydrogen-bond acceptors (Lipinski definition) is 3. The van der Waals surface area contributed by atoms with E-state index in [1.54, 1.807) is 19.1 Å². The van der Waals surface area contributed by atoms with Gasteiger partial charge in [-0.15, -0.1) is 0 Å². The topological polar surface area (TPSA) is 66.8 Å². The highest BCUT2D eigenvalue weighted by Crippen LogP contribution is 2.55. The van der Waals surface area contributed by atoms with Gasteiger partial charge in [0.1, 0.15) is 16.9 Å². The number of rotatable bonds is 3. The summed E-state index contributed by atoms with van der Waals surface area (Å²) in [4.78, 5) is 11.2. The van der Waals surface area contributed by atoms with Crippen molar-refractivity contribution in [1.29, 1.82) is 0 Å². The number of aliphatic carboxylic acids is 1. The molecule has 4 heteroatoms. The summed E-state index contributed by atoms with van der Waals surface area (Å²) in [6.45, 7) is 1.75. The Kier molecular flexibility index (Phi) is 2.30. The maximum atomic E-state index is 11.2. The number of carbonyl (C=O) groups is 1. The first kappa shape index (κ1) is 10.8. The molecule has 0 atom stereocenters. The van der Waals surface area contributed by atoms with Crippen LogP contribution in [0.1, 0.15) is 24.0 Å². The molecule has 1 aromatic carbocycles. The van der Waals surface area contributed by atoms with Gasteiger partial charge in [0.25, 0.3) is 0 Å². The Morgan fingerprint density at radius 1 is 1.44 bits per heavy atom. The molecule has 1 aromatic rings. The SMILES string of the molecule is COc1ccc(C)c(O)c1C1(C(=O)O)CC1. The lowest BCUT2D eigenvalue weighted by Gasteiger charge is -2.17. The van der Waals surface area contributed by atoms with E-state index in [2.05, 4.69) is 0 Å². The molecule has 1 fully saturated rings. The van der Waals surface area contributed by atoms with Crippen LogP contribution in [0, 0.1) is 6.92 Å². The van der Waals surface area contributed by atoms with Crippen LogP contribution in [0.3, 0.4) is 0 Å². The van der Waals surface area contributed by atoms with Gasteiger partial charge in [0.2, 0.25) is 0 Å². The molecule has 0 aliphatic heterocycles. The van der Waals surface area contributed by atoms with E-state index in [0.717, 1.165) is 0 Å². The second kappa shape index (κ2) is 3.40. The Bertz CT molecular complexity index is 447. The third-order valence-corrected chi connectivity index (χ3v) is 3.20. The summed E-state index contributed by atoms with van der Waals surface area (Å²) in [6, 6.07) is 3.42. The minimum Gasteiger partial charge on any atom is -0.507 e. The lowest BCUT2D eigenvalue weighted by atomic mass is 9.92. The van der Waals surface area contributed by atoms with Gasteiger partial charge < -0.3 is 14.9 Å². The van der Waals surface area contributed by atoms with Gasteiger partial charge >= 0.3 is 5.97 Å². The smallest absolute Gasteiger partial charge is 0.314 e. The molecule has 0 bridgehead atoms. The normalized spacial score (nSPS) is 16.9. The van der Waals surface area contributed by atoms with Crippen molar-refractivity contribution in [2.45, 2.75) is 25.2 Å². The zero-order valence-electron chi connectivity index (χ0n) is 9.28. The molecule has 0 amide bonds. The summed E-state index contributed by atoms with van der Waals surface area (Å²) in [5, 5.41) is 19.2. The van der Waals surface area contributed by atoms with E-state index in [4.69, 9.17) is 4.74 Å². The summed E-state index contributed by atoms with van der Waals surface area (Å²) in [5.41, 5.74) is 0.146. The molecule has 2 rings (SSSR count). The van der Waals surface area contributed by atoms with E-state index in [-0.39, 0.29) is 5.75 Å². The number of aryl methyl sites for hydroxylation is 1. The van der Waals surface area contributed by atoms with E-state index < -0.39 is 11.4 Å². The Hall–Kier alpha value is -1.71. The number of carboxylic acids is 1. The van der Waals surface area contributed by atoms with Crippen LogP contribution in [0.25, 0.3) is 0 Å². The van der Waals surface area contributed by atoms with E-state index in [1.807, 2.05) is 0 Å². The monoisotopic (exact) mass is 222 g/mol. The highest BCUT2D eigenvalue weighted by atomic mass is 16.5. The van der Waals surface area contributed by atoms with E-state index >= 15 is 0 Å². The van der Waals surface area contributed by atoms with Gasteiger partial charge in [-0.3, -0.25) is 4.79 Å². The third-order valence-electron chi connectivity index (χ3n) is 3.20. The van der Waals surface area contributed by atoms with Crippen molar-refractivity contribution in [3.05, 3.63) is 23.3 Å². The first-order chi connectivity index (χ1) is 7.53. The van der Waals surface area contributed by atoms with Crippen molar-refractivity contribution in [1.82, 2.24) is 0 Å². The molecule has 0 heterocycles. The number of carboxylic acid groups (broad SMARTS) is 1. The third kappa shape index (κ3) is 1.33. The molecule has 0 unspecified atom stereocenters. The second-order valence-electron chi connectivity index (χ2n) is 4.20. The molecule has 1 aliphatic carbocycles. The van der Waals surface area contributed by atoms with Gasteiger partial charge in [-0.05, 0) is 31.4 Å². The van der Waals surface area contributed by atoms with Gasteiger partial charge in [-0.25, -0.2) is 0 Å². The van der Waals surface area contributed by atoms with Crippen molar-refractivity contribution in [2.24, 2.45) is 0 Å². The van der Waals surface area contributed by atoms with Gasteiger partial charge in [-0.1, -0.05) is 6.07 Å². The lowest BCUT2D eigenvalue weighted by molar-refractivity contribution is -0.140. The molecule has 2 N–H and O–H groups in total. The molecule has 1 saturated carbocycles. The van der Waals surface area contributed by atoms with E-state index in [1.165, 1.54) is 7.11 Å². The zero-order valence-corrected chi connectivity index (χ0v) is 9.28. The summed E-state index contributed by atoms with van der Waals surface area (Å²) < 4.78 is 5.13. The summed E-state index contributed by atoms with van der Waals surface area (Å²) in [6.07, 6.45) is 1.10. The van der Waals surface area contributed by atoms with Crippen LogP contribution in [0.2, 0.25) is 0 Å². The van der Waals surface area contributed by atoms with E-state index in [9.17, 15) is 15.0 Å². The quantitative estimate of drug-likeness (QED) is 0.818. The average molecular weight is 222 g/mol. The fraction of sp³-hybridized carbons (Fsp3) is 0.417. The summed E-state index contributed by atoms with van der Waals surface area (Å²) in [7, 11) is 1.48. The average Bonchev–Trinajstić information content (AvgIpc) is 3.03. The van der Waals surface area contributed by atoms with Crippen LogP contribution >= 0.6 is 0 Å². The van der Waals surface area contributed by atoms with Crippen LogP contribution in [0.4, 0.5) is 0 Å². The van der Waals surface area contributed by atoms with Crippen LogP contribution in [-0.4, -0.2) is 23.3 Å². The molecule has 4 nitrogen and oxygen atoms in total. The van der Waals surface area contributed by atoms with Gasteiger partial charge in [0.05, 0.1) is 12.7 Å². The number of methoxy groups -OCH3 is 1. The zero-order chi connectivity index (χ0) is 11.9. The van der Waals surface area contributed by atoms with Crippen LogP contribution < -0.4 is 4.74 Å². The first-order valence-electron chi connectivity index (χ1n) is 5.13. The van der Waals surface area contributed by atoms with Gasteiger partial charge in [-0.2, -0.15) is 0 Å². The maximum Gasteiger partial charge on any atom is 0.314 e. The van der Waals surface area contributed by atoms with Crippen molar-refractivity contribution in [2.75, 3.05) is 7.11 Å². The Balaban J connectivity index is 2.63. The maximum absolute atomic E-state index is 11.2. The Labute approximate surface area is 93.5 Å². The second-order valence-corrected chi connectivity index (χ2v) is 4.20. The molecule has 0 spiro atoms. The first-order valence-corrected chi connectivity index (χ1v) is 5.13. The molecule has 0 aromatic heterocycles. The van der Waals surface area contributed by atoms with E-state index in [0.29, 0.717) is 29.7 Å². The van der Waals surface area contributed by atoms with Crippen LogP contribution in [0.5, 0.6) is 11.5 Å². The van der Waals surface area contributed by atoms with Crippen molar-refractivity contribution >= 4 is 5.97 Å². The summed E-state index contributed by atoms with van der Waals surface area (Å²) in [5.74, 6) is -0.408. The molecular weight excluding hydrogens is 208 g/mol. The number of hydrogen-bond donors (Lipinski definition) is 2. The van der Waals surface area contributed by atoms with Gasteiger partial charge in [0, 0.05) is 0 Å². The minimum atomic E-state index is -0.943. The highest BCUT2D eigenvalue weighted by molar-refractivity contribution is 5.87. The largest absolute Gasteiger partial charge is 0.507 e. The van der Waals surface area contributed by atoms with Gasteiger partial charge in [0.15, 0.2) is 0 Å². The van der Waals surface area contributed by atoms with Crippen LogP contribution in [-0.2, 0) is 10.2 Å². The molecule has 16 heavy (non-hydrogen) atoms. The molecule has 86 valence electrons. The number of aromatic hydroxyl groups is 1. The minimum absolute atomic E-state index is 0.0410. The Morgan fingerprint density at radius 2 is 2.06 bits per heavy atom. The molecule has 0 saturated heterocycles. The standard InChI is InChI=1S/C12H14O4/c1-7-3-4-8(16-2)9(10(7)13)12(5-6-12)11(14)15/h3-4,13H,5-6H2,1-2H3,(H,14,15). The molecule has 1 aliphatic rings. The lowest BCUT2D eigenvalue weighted by Crippen LogP contribution is -2.20. The van der Waals surface area contributed by atoms with Crippen LogP contribution in [0.15, 0.2) is 12.1 Å². The fourth-order valence-corrected chi connectivity index (χ4v) is 2.01.